The summed E-state index contributed by atoms with van der Waals surface area (Å²) in [5.41, 5.74) is 2.37. The van der Waals surface area contributed by atoms with Crippen molar-refractivity contribution in [2.75, 3.05) is 23.8 Å². The van der Waals surface area contributed by atoms with E-state index in [4.69, 9.17) is 4.74 Å². The van der Waals surface area contributed by atoms with E-state index in [-0.39, 0.29) is 12.5 Å². The van der Waals surface area contributed by atoms with Gasteiger partial charge in [-0.3, -0.25) is 10.1 Å². The van der Waals surface area contributed by atoms with Crippen LogP contribution in [-0.4, -0.2) is 31.2 Å². The second-order valence-electron chi connectivity index (χ2n) is 6.43. The molecule has 6 nitrogen and oxygen atoms in total. The second kappa shape index (κ2) is 9.91. The maximum atomic E-state index is 12.2. The van der Waals surface area contributed by atoms with E-state index in [0.29, 0.717) is 18.3 Å². The Bertz CT molecular complexity index is 581. The van der Waals surface area contributed by atoms with Crippen molar-refractivity contribution >= 4 is 23.4 Å². The van der Waals surface area contributed by atoms with Crippen LogP contribution >= 0.6 is 0 Å². The largest absolute Gasteiger partial charge is 0.450 e. The number of nitrogens with one attached hydrogen (secondary N) is 3. The zero-order valence-corrected chi connectivity index (χ0v) is 15.2. The van der Waals surface area contributed by atoms with E-state index in [1.54, 1.807) is 6.92 Å². The Morgan fingerprint density at radius 2 is 1.80 bits per heavy atom. The lowest BCUT2D eigenvalue weighted by molar-refractivity contribution is -0.120. The molecule has 0 heterocycles. The molecule has 0 spiro atoms. The van der Waals surface area contributed by atoms with Gasteiger partial charge in [-0.1, -0.05) is 31.7 Å². The van der Waals surface area contributed by atoms with Crippen molar-refractivity contribution in [3.63, 3.8) is 0 Å². The van der Waals surface area contributed by atoms with Gasteiger partial charge in [-0.15, -0.1) is 0 Å². The minimum Gasteiger partial charge on any atom is -0.450 e. The van der Waals surface area contributed by atoms with Crippen LogP contribution in [0.3, 0.4) is 0 Å². The van der Waals surface area contributed by atoms with Crippen LogP contribution in [0.15, 0.2) is 18.2 Å². The monoisotopic (exact) mass is 347 g/mol. The highest BCUT2D eigenvalue weighted by Gasteiger charge is 2.15. The molecular formula is C19H29N3O3. The number of carbonyl (C=O) groups is 2. The standard InChI is InChI=1S/C19H29N3O3/c1-3-25-19(24)22-17-12-8-11-16(14(17)2)20-13-18(23)21-15-9-6-4-5-7-10-15/h8,11-12,15,20H,3-7,9-10,13H2,1-2H3,(H,21,23)(H,22,24). The Hall–Kier alpha value is -2.24. The summed E-state index contributed by atoms with van der Waals surface area (Å²) < 4.78 is 4.90. The first-order chi connectivity index (χ1) is 12.1. The third kappa shape index (κ3) is 6.29. The molecule has 1 fully saturated rings. The fraction of sp³-hybridized carbons (Fsp3) is 0.579. The van der Waals surface area contributed by atoms with E-state index in [1.165, 1.54) is 25.7 Å². The van der Waals surface area contributed by atoms with Gasteiger partial charge in [-0.05, 0) is 44.4 Å². The average molecular weight is 347 g/mol. The van der Waals surface area contributed by atoms with Crippen molar-refractivity contribution in [1.82, 2.24) is 5.32 Å². The highest BCUT2D eigenvalue weighted by molar-refractivity contribution is 5.87. The smallest absolute Gasteiger partial charge is 0.411 e. The molecule has 0 unspecified atom stereocenters. The molecule has 1 saturated carbocycles. The summed E-state index contributed by atoms with van der Waals surface area (Å²) >= 11 is 0. The third-order valence-electron chi connectivity index (χ3n) is 4.51. The van der Waals surface area contributed by atoms with Gasteiger partial charge in [0.15, 0.2) is 0 Å². The SMILES string of the molecule is CCOC(=O)Nc1cccc(NCC(=O)NC2CCCCCC2)c1C. The molecule has 1 aliphatic carbocycles. The van der Waals surface area contributed by atoms with Gasteiger partial charge in [-0.25, -0.2) is 4.79 Å². The maximum absolute atomic E-state index is 12.2. The van der Waals surface area contributed by atoms with Gasteiger partial charge in [-0.2, -0.15) is 0 Å². The second-order valence-corrected chi connectivity index (χ2v) is 6.43. The van der Waals surface area contributed by atoms with E-state index in [9.17, 15) is 9.59 Å². The van der Waals surface area contributed by atoms with Gasteiger partial charge >= 0.3 is 6.09 Å². The number of anilines is 2. The van der Waals surface area contributed by atoms with Crippen LogP contribution in [0, 0.1) is 6.92 Å². The molecule has 0 radical (unpaired) electrons. The van der Waals surface area contributed by atoms with Crippen LogP contribution < -0.4 is 16.0 Å². The summed E-state index contributed by atoms with van der Waals surface area (Å²) in [4.78, 5) is 23.8. The molecule has 0 aliphatic heterocycles. The third-order valence-corrected chi connectivity index (χ3v) is 4.51. The first-order valence-corrected chi connectivity index (χ1v) is 9.16. The van der Waals surface area contributed by atoms with Gasteiger partial charge < -0.3 is 15.4 Å². The minimum atomic E-state index is -0.478. The Morgan fingerprint density at radius 3 is 2.48 bits per heavy atom. The molecule has 6 heteroatoms. The van der Waals surface area contributed by atoms with Crippen LogP contribution in [0.2, 0.25) is 0 Å². The van der Waals surface area contributed by atoms with E-state index >= 15 is 0 Å². The highest BCUT2D eigenvalue weighted by Crippen LogP contribution is 2.23. The van der Waals surface area contributed by atoms with Gasteiger partial charge in [0, 0.05) is 17.4 Å². The van der Waals surface area contributed by atoms with E-state index < -0.39 is 6.09 Å². The number of rotatable bonds is 6. The minimum absolute atomic E-state index is 0.00931. The molecule has 0 aromatic heterocycles. The number of benzene rings is 1. The van der Waals surface area contributed by atoms with Crippen molar-refractivity contribution in [1.29, 1.82) is 0 Å². The first-order valence-electron chi connectivity index (χ1n) is 9.16. The van der Waals surface area contributed by atoms with E-state index in [0.717, 1.165) is 24.1 Å². The van der Waals surface area contributed by atoms with Crippen LogP contribution in [-0.2, 0) is 9.53 Å². The van der Waals surface area contributed by atoms with E-state index in [1.807, 2.05) is 25.1 Å². The first kappa shape index (κ1) is 19.1. The van der Waals surface area contributed by atoms with Crippen LogP contribution in [0.4, 0.5) is 16.2 Å². The van der Waals surface area contributed by atoms with Gasteiger partial charge in [0.2, 0.25) is 5.91 Å². The molecule has 2 amide bonds. The fourth-order valence-electron chi connectivity index (χ4n) is 3.12. The molecule has 0 bridgehead atoms. The van der Waals surface area contributed by atoms with Crippen LogP contribution in [0.5, 0.6) is 0 Å². The number of hydrogen-bond donors (Lipinski definition) is 3. The fourth-order valence-corrected chi connectivity index (χ4v) is 3.12. The Balaban J connectivity index is 1.87. The lowest BCUT2D eigenvalue weighted by Gasteiger charge is -2.18. The zero-order chi connectivity index (χ0) is 18.1. The maximum Gasteiger partial charge on any atom is 0.411 e. The summed E-state index contributed by atoms with van der Waals surface area (Å²) in [5.74, 6) is 0.00931. The Morgan fingerprint density at radius 1 is 1.12 bits per heavy atom. The molecule has 0 saturated heterocycles. The predicted octanol–water partition coefficient (Wildman–Crippen LogP) is 3.81. The number of carbonyl (C=O) groups excluding carboxylic acids is 2. The number of hydrogen-bond acceptors (Lipinski definition) is 4. The molecule has 3 N–H and O–H groups in total. The van der Waals surface area contributed by atoms with Gasteiger partial charge in [0.25, 0.3) is 0 Å². The Labute approximate surface area is 149 Å². The molecule has 0 atom stereocenters. The molecule has 1 aromatic rings. The molecule has 138 valence electrons. The van der Waals surface area contributed by atoms with E-state index in [2.05, 4.69) is 16.0 Å². The molecule has 1 aromatic carbocycles. The van der Waals surface area contributed by atoms with Crippen LogP contribution in [0.1, 0.15) is 51.0 Å². The summed E-state index contributed by atoms with van der Waals surface area (Å²) in [6.07, 6.45) is 6.59. The van der Waals surface area contributed by atoms with Crippen molar-refractivity contribution < 1.29 is 14.3 Å². The lowest BCUT2D eigenvalue weighted by atomic mass is 10.1. The lowest BCUT2D eigenvalue weighted by Crippen LogP contribution is -2.38. The number of ether oxygens (including phenoxy) is 1. The summed E-state index contributed by atoms with van der Waals surface area (Å²) in [6, 6.07) is 5.84. The normalized spacial score (nSPS) is 15.1. The molecular weight excluding hydrogens is 318 g/mol. The van der Waals surface area contributed by atoms with Crippen molar-refractivity contribution in [3.05, 3.63) is 23.8 Å². The highest BCUT2D eigenvalue weighted by atomic mass is 16.5. The van der Waals surface area contributed by atoms with Crippen molar-refractivity contribution in [3.8, 4) is 0 Å². The zero-order valence-electron chi connectivity index (χ0n) is 15.2. The Kier molecular flexibility index (Phi) is 7.57. The van der Waals surface area contributed by atoms with Crippen LogP contribution in [0.25, 0.3) is 0 Å². The quantitative estimate of drug-likeness (QED) is 0.684. The van der Waals surface area contributed by atoms with Crippen molar-refractivity contribution in [2.24, 2.45) is 0 Å². The predicted molar refractivity (Wildman–Crippen MR) is 99.9 cm³/mol. The molecule has 1 aliphatic rings. The topological polar surface area (TPSA) is 79.5 Å². The van der Waals surface area contributed by atoms with Gasteiger partial charge in [0.05, 0.1) is 13.2 Å². The summed E-state index contributed by atoms with van der Waals surface area (Å²) in [7, 11) is 0. The van der Waals surface area contributed by atoms with Gasteiger partial charge in [0.1, 0.15) is 0 Å². The average Bonchev–Trinajstić information content (AvgIpc) is 2.84. The van der Waals surface area contributed by atoms with Crippen molar-refractivity contribution in [2.45, 2.75) is 58.4 Å². The number of amides is 2. The molecule has 2 rings (SSSR count). The molecule has 25 heavy (non-hydrogen) atoms. The summed E-state index contributed by atoms with van der Waals surface area (Å²) in [6.45, 7) is 4.20. The summed E-state index contributed by atoms with van der Waals surface area (Å²) in [5, 5.41) is 8.99.